The molecule has 0 aliphatic heterocycles. The van der Waals surface area contributed by atoms with Crippen LogP contribution in [0.1, 0.15) is 25.7 Å². The van der Waals surface area contributed by atoms with Crippen LogP contribution in [0.2, 0.25) is 0 Å². The molecule has 0 spiro atoms. The molecule has 0 heterocycles. The van der Waals surface area contributed by atoms with Crippen molar-refractivity contribution >= 4 is 5.96 Å². The third-order valence-corrected chi connectivity index (χ3v) is 2.49. The molecule has 15 heavy (non-hydrogen) atoms. The van der Waals surface area contributed by atoms with Crippen LogP contribution in [0.3, 0.4) is 0 Å². The van der Waals surface area contributed by atoms with Gasteiger partial charge in [0, 0.05) is 6.04 Å². The van der Waals surface area contributed by atoms with Crippen LogP contribution in [0.15, 0.2) is 4.99 Å². The minimum Gasteiger partial charge on any atom is -0.370 e. The first kappa shape index (κ1) is 10.6. The summed E-state index contributed by atoms with van der Waals surface area (Å²) in [5.41, 5.74) is 5.58. The van der Waals surface area contributed by atoms with Gasteiger partial charge in [-0.3, -0.25) is 0 Å². The molecule has 0 aromatic rings. The van der Waals surface area contributed by atoms with Crippen LogP contribution in [0.5, 0.6) is 0 Å². The van der Waals surface area contributed by atoms with Crippen LogP contribution in [-0.2, 0) is 0 Å². The number of nitrogens with zero attached hydrogens (tertiary/aromatic N) is 2. The Morgan fingerprint density at radius 1 is 1.27 bits per heavy atom. The minimum atomic E-state index is -4.20. The molecule has 0 bridgehead atoms. The van der Waals surface area contributed by atoms with Crippen LogP contribution < -0.4 is 5.73 Å². The molecule has 0 amide bonds. The molecule has 0 atom stereocenters. The van der Waals surface area contributed by atoms with E-state index in [1.54, 1.807) is 0 Å². The van der Waals surface area contributed by atoms with Crippen molar-refractivity contribution in [1.82, 2.24) is 4.90 Å². The molecule has 3 nitrogen and oxygen atoms in total. The maximum atomic E-state index is 12.3. The molecular formula is C9H14F3N3. The highest BCUT2D eigenvalue weighted by Crippen LogP contribution is 2.31. The first-order chi connectivity index (χ1) is 6.96. The molecule has 0 aromatic heterocycles. The van der Waals surface area contributed by atoms with Gasteiger partial charge >= 0.3 is 6.18 Å². The van der Waals surface area contributed by atoms with E-state index in [0.29, 0.717) is 0 Å². The van der Waals surface area contributed by atoms with E-state index in [9.17, 15) is 13.2 Å². The molecule has 0 aromatic carbocycles. The summed E-state index contributed by atoms with van der Waals surface area (Å²) >= 11 is 0. The van der Waals surface area contributed by atoms with Crippen LogP contribution in [-0.4, -0.2) is 35.7 Å². The molecule has 2 aliphatic carbocycles. The third kappa shape index (κ3) is 3.28. The second kappa shape index (κ2) is 3.57. The summed E-state index contributed by atoms with van der Waals surface area (Å²) in [6.07, 6.45) is -0.726. The Bertz CT molecular complexity index is 266. The fraction of sp³-hybridized carbons (Fsp3) is 0.889. The zero-order chi connectivity index (χ0) is 11.1. The van der Waals surface area contributed by atoms with Crippen LogP contribution >= 0.6 is 0 Å². The van der Waals surface area contributed by atoms with Crippen molar-refractivity contribution in [2.24, 2.45) is 10.7 Å². The zero-order valence-electron chi connectivity index (χ0n) is 8.30. The van der Waals surface area contributed by atoms with E-state index in [0.717, 1.165) is 25.7 Å². The topological polar surface area (TPSA) is 41.6 Å². The van der Waals surface area contributed by atoms with Crippen LogP contribution in [0.4, 0.5) is 13.2 Å². The number of guanidine groups is 1. The first-order valence-corrected chi connectivity index (χ1v) is 5.12. The summed E-state index contributed by atoms with van der Waals surface area (Å²) in [7, 11) is 0. The van der Waals surface area contributed by atoms with Crippen molar-refractivity contribution in [3.63, 3.8) is 0 Å². The number of alkyl halides is 3. The number of nitrogens with two attached hydrogens (primary N) is 1. The van der Waals surface area contributed by atoms with Gasteiger partial charge in [0.15, 0.2) is 5.96 Å². The average molecular weight is 221 g/mol. The van der Waals surface area contributed by atoms with Gasteiger partial charge in [-0.2, -0.15) is 13.2 Å². The van der Waals surface area contributed by atoms with Crippen molar-refractivity contribution < 1.29 is 13.2 Å². The van der Waals surface area contributed by atoms with Gasteiger partial charge in [0.1, 0.15) is 6.54 Å². The fourth-order valence-corrected chi connectivity index (χ4v) is 1.44. The van der Waals surface area contributed by atoms with Gasteiger partial charge < -0.3 is 10.6 Å². The highest BCUT2D eigenvalue weighted by molar-refractivity contribution is 5.79. The Morgan fingerprint density at radius 3 is 2.27 bits per heavy atom. The smallest absolute Gasteiger partial charge is 0.370 e. The molecule has 6 heteroatoms. The highest BCUT2D eigenvalue weighted by Gasteiger charge is 2.39. The summed E-state index contributed by atoms with van der Waals surface area (Å²) in [6.45, 7) is -0.973. The summed E-state index contributed by atoms with van der Waals surface area (Å²) < 4.78 is 36.8. The standard InChI is InChI=1S/C9H14F3N3/c10-9(11,12)5-15(7-3-4-7)8(13)14-6-1-2-6/h6-7H,1-5H2,(H2,13,14). The molecule has 2 fully saturated rings. The van der Waals surface area contributed by atoms with E-state index in [4.69, 9.17) is 5.73 Å². The van der Waals surface area contributed by atoms with Crippen molar-refractivity contribution in [1.29, 1.82) is 0 Å². The maximum absolute atomic E-state index is 12.3. The lowest BCUT2D eigenvalue weighted by Gasteiger charge is -2.24. The van der Waals surface area contributed by atoms with Gasteiger partial charge in [0.2, 0.25) is 0 Å². The molecule has 2 N–H and O–H groups in total. The molecule has 2 rings (SSSR count). The summed E-state index contributed by atoms with van der Waals surface area (Å²) in [6, 6.07) is 0.119. The lowest BCUT2D eigenvalue weighted by Crippen LogP contribution is -2.44. The zero-order valence-corrected chi connectivity index (χ0v) is 8.30. The quantitative estimate of drug-likeness (QED) is 0.579. The molecule has 86 valence electrons. The molecule has 0 saturated heterocycles. The Balaban J connectivity index is 1.98. The van der Waals surface area contributed by atoms with Gasteiger partial charge in [-0.05, 0) is 25.7 Å². The number of aliphatic imine (C=N–C) groups is 1. The fourth-order valence-electron chi connectivity index (χ4n) is 1.44. The molecule has 0 radical (unpaired) electrons. The normalized spacial score (nSPS) is 23.0. The monoisotopic (exact) mass is 221 g/mol. The van der Waals surface area contributed by atoms with E-state index in [2.05, 4.69) is 4.99 Å². The van der Waals surface area contributed by atoms with Crippen molar-refractivity contribution in [2.75, 3.05) is 6.54 Å². The average Bonchev–Trinajstić information content (AvgIpc) is 2.92. The molecular weight excluding hydrogens is 207 g/mol. The lowest BCUT2D eigenvalue weighted by atomic mass is 10.4. The number of rotatable bonds is 3. The van der Waals surface area contributed by atoms with Gasteiger partial charge in [-0.25, -0.2) is 4.99 Å². The minimum absolute atomic E-state index is 0.0471. The van der Waals surface area contributed by atoms with E-state index >= 15 is 0 Å². The van der Waals surface area contributed by atoms with Gasteiger partial charge in [0.05, 0.1) is 6.04 Å². The van der Waals surface area contributed by atoms with E-state index < -0.39 is 12.7 Å². The second-order valence-electron chi connectivity index (χ2n) is 4.19. The van der Waals surface area contributed by atoms with Gasteiger partial charge in [-0.15, -0.1) is 0 Å². The number of halogens is 3. The predicted molar refractivity (Wildman–Crippen MR) is 50.4 cm³/mol. The molecule has 2 saturated carbocycles. The molecule has 2 aliphatic rings. The number of hydrogen-bond donors (Lipinski definition) is 1. The Kier molecular flexibility index (Phi) is 2.52. The molecule has 0 unspecified atom stereocenters. The van der Waals surface area contributed by atoms with Crippen LogP contribution in [0, 0.1) is 0 Å². The first-order valence-electron chi connectivity index (χ1n) is 5.12. The van der Waals surface area contributed by atoms with Crippen molar-refractivity contribution in [2.45, 2.75) is 43.9 Å². The largest absolute Gasteiger partial charge is 0.406 e. The summed E-state index contributed by atoms with van der Waals surface area (Å²) in [4.78, 5) is 5.25. The predicted octanol–water partition coefficient (Wildman–Crippen LogP) is 1.49. The SMILES string of the molecule is NC(=NC1CC1)N(CC(F)(F)F)C1CC1. The Morgan fingerprint density at radius 2 is 1.87 bits per heavy atom. The summed E-state index contributed by atoms with van der Waals surface area (Å²) in [5.74, 6) is 0.0670. The van der Waals surface area contributed by atoms with Crippen molar-refractivity contribution in [3.8, 4) is 0 Å². The van der Waals surface area contributed by atoms with E-state index in [-0.39, 0.29) is 18.0 Å². The summed E-state index contributed by atoms with van der Waals surface area (Å²) in [5, 5.41) is 0. The van der Waals surface area contributed by atoms with Crippen LogP contribution in [0.25, 0.3) is 0 Å². The maximum Gasteiger partial charge on any atom is 0.406 e. The van der Waals surface area contributed by atoms with E-state index in [1.807, 2.05) is 0 Å². The number of hydrogen-bond acceptors (Lipinski definition) is 1. The van der Waals surface area contributed by atoms with Gasteiger partial charge in [0.25, 0.3) is 0 Å². The Labute approximate surface area is 86.1 Å². The second-order valence-corrected chi connectivity index (χ2v) is 4.19. The van der Waals surface area contributed by atoms with E-state index in [1.165, 1.54) is 4.90 Å². The highest BCUT2D eigenvalue weighted by atomic mass is 19.4. The van der Waals surface area contributed by atoms with Crippen molar-refractivity contribution in [3.05, 3.63) is 0 Å². The van der Waals surface area contributed by atoms with Gasteiger partial charge in [-0.1, -0.05) is 0 Å². The third-order valence-electron chi connectivity index (χ3n) is 2.49. The lowest BCUT2D eigenvalue weighted by molar-refractivity contribution is -0.138. The Hall–Kier alpha value is -0.940.